The standard InChI is InChI=1S/C11H14N4O/c1-11(2,3)8-7-9(16)15(14-8)10-12-5-4-6-13-10/h4-6H,7H2,1-3H3. The Kier molecular flexibility index (Phi) is 2.46. The van der Waals surface area contributed by atoms with Gasteiger partial charge in [0.15, 0.2) is 0 Å². The molecule has 0 unspecified atom stereocenters. The molecule has 0 aliphatic carbocycles. The van der Waals surface area contributed by atoms with Gasteiger partial charge < -0.3 is 0 Å². The molecule has 84 valence electrons. The van der Waals surface area contributed by atoms with E-state index in [2.05, 4.69) is 15.1 Å². The Morgan fingerprint density at radius 2 is 1.88 bits per heavy atom. The van der Waals surface area contributed by atoms with Gasteiger partial charge in [-0.25, -0.2) is 9.97 Å². The molecular weight excluding hydrogens is 204 g/mol. The summed E-state index contributed by atoms with van der Waals surface area (Å²) in [6, 6.07) is 1.71. The van der Waals surface area contributed by atoms with E-state index in [0.29, 0.717) is 12.4 Å². The predicted molar refractivity (Wildman–Crippen MR) is 61.0 cm³/mol. The zero-order valence-electron chi connectivity index (χ0n) is 9.64. The van der Waals surface area contributed by atoms with E-state index in [-0.39, 0.29) is 11.3 Å². The summed E-state index contributed by atoms with van der Waals surface area (Å²) in [6.45, 7) is 6.11. The quantitative estimate of drug-likeness (QED) is 0.719. The summed E-state index contributed by atoms with van der Waals surface area (Å²) in [5, 5.41) is 5.56. The molecule has 1 aliphatic rings. The Bertz CT molecular complexity index is 433. The Hall–Kier alpha value is -1.78. The van der Waals surface area contributed by atoms with Crippen LogP contribution < -0.4 is 5.01 Å². The van der Waals surface area contributed by atoms with Crippen molar-refractivity contribution < 1.29 is 4.79 Å². The fourth-order valence-electron chi connectivity index (χ4n) is 1.40. The highest BCUT2D eigenvalue weighted by Gasteiger charge is 2.32. The maximum Gasteiger partial charge on any atom is 0.255 e. The van der Waals surface area contributed by atoms with Gasteiger partial charge in [-0.3, -0.25) is 4.79 Å². The second-order valence-electron chi connectivity index (χ2n) is 4.73. The Labute approximate surface area is 94.2 Å². The number of hydrazone groups is 1. The smallest absolute Gasteiger partial charge is 0.255 e. The number of rotatable bonds is 1. The molecule has 16 heavy (non-hydrogen) atoms. The Balaban J connectivity index is 2.31. The van der Waals surface area contributed by atoms with E-state index in [1.165, 1.54) is 5.01 Å². The summed E-state index contributed by atoms with van der Waals surface area (Å²) in [5.41, 5.74) is 0.768. The van der Waals surface area contributed by atoms with Gasteiger partial charge in [-0.15, -0.1) is 0 Å². The van der Waals surface area contributed by atoms with Crippen molar-refractivity contribution in [3.63, 3.8) is 0 Å². The third-order valence-corrected chi connectivity index (χ3v) is 2.38. The first-order valence-corrected chi connectivity index (χ1v) is 5.16. The molecule has 0 aromatic carbocycles. The molecule has 5 heteroatoms. The van der Waals surface area contributed by atoms with E-state index >= 15 is 0 Å². The Morgan fingerprint density at radius 3 is 2.38 bits per heavy atom. The van der Waals surface area contributed by atoms with Gasteiger partial charge in [-0.1, -0.05) is 20.8 Å². The minimum Gasteiger partial charge on any atom is -0.272 e. The number of carbonyl (C=O) groups is 1. The average Bonchev–Trinajstić information content (AvgIpc) is 2.61. The summed E-state index contributed by atoms with van der Waals surface area (Å²) >= 11 is 0. The first-order valence-electron chi connectivity index (χ1n) is 5.16. The van der Waals surface area contributed by atoms with Crippen LogP contribution in [0.2, 0.25) is 0 Å². The number of nitrogens with zero attached hydrogens (tertiary/aromatic N) is 4. The van der Waals surface area contributed by atoms with Crippen molar-refractivity contribution in [2.24, 2.45) is 10.5 Å². The van der Waals surface area contributed by atoms with E-state index < -0.39 is 0 Å². The van der Waals surface area contributed by atoms with Crippen molar-refractivity contribution in [2.45, 2.75) is 27.2 Å². The first kappa shape index (κ1) is 10.7. The highest BCUT2D eigenvalue weighted by Crippen LogP contribution is 2.25. The molecule has 0 bridgehead atoms. The molecule has 1 amide bonds. The first-order chi connectivity index (χ1) is 7.48. The normalized spacial score (nSPS) is 16.6. The third-order valence-electron chi connectivity index (χ3n) is 2.38. The molecule has 1 aliphatic heterocycles. The van der Waals surface area contributed by atoms with Crippen LogP contribution in [0.5, 0.6) is 0 Å². The summed E-state index contributed by atoms with van der Waals surface area (Å²) < 4.78 is 0. The molecule has 1 aromatic rings. The molecular formula is C11H14N4O. The second-order valence-corrected chi connectivity index (χ2v) is 4.73. The topological polar surface area (TPSA) is 58.5 Å². The van der Waals surface area contributed by atoms with E-state index in [1.54, 1.807) is 18.5 Å². The molecule has 2 heterocycles. The van der Waals surface area contributed by atoms with Crippen LogP contribution in [-0.4, -0.2) is 21.6 Å². The van der Waals surface area contributed by atoms with Crippen LogP contribution in [-0.2, 0) is 4.79 Å². The molecule has 0 saturated carbocycles. The van der Waals surface area contributed by atoms with Gasteiger partial charge in [0.1, 0.15) is 0 Å². The number of carbonyl (C=O) groups excluding carboxylic acids is 1. The zero-order valence-corrected chi connectivity index (χ0v) is 9.64. The van der Waals surface area contributed by atoms with E-state index in [9.17, 15) is 4.79 Å². The Morgan fingerprint density at radius 1 is 1.25 bits per heavy atom. The van der Waals surface area contributed by atoms with Gasteiger partial charge in [-0.05, 0) is 6.07 Å². The van der Waals surface area contributed by atoms with Crippen LogP contribution in [0.4, 0.5) is 5.95 Å². The predicted octanol–water partition coefficient (Wildman–Crippen LogP) is 1.62. The lowest BCUT2D eigenvalue weighted by atomic mass is 9.88. The zero-order chi connectivity index (χ0) is 11.8. The van der Waals surface area contributed by atoms with Crippen molar-refractivity contribution in [3.05, 3.63) is 18.5 Å². The monoisotopic (exact) mass is 218 g/mol. The number of aromatic nitrogens is 2. The lowest BCUT2D eigenvalue weighted by Gasteiger charge is -2.16. The van der Waals surface area contributed by atoms with Gasteiger partial charge in [0.2, 0.25) is 0 Å². The van der Waals surface area contributed by atoms with Gasteiger partial charge in [-0.2, -0.15) is 10.1 Å². The highest BCUT2D eigenvalue weighted by molar-refractivity contribution is 6.13. The molecule has 5 nitrogen and oxygen atoms in total. The van der Waals surface area contributed by atoms with Gasteiger partial charge >= 0.3 is 0 Å². The summed E-state index contributed by atoms with van der Waals surface area (Å²) in [6.07, 6.45) is 3.54. The van der Waals surface area contributed by atoms with Crippen molar-refractivity contribution in [2.75, 3.05) is 5.01 Å². The fourth-order valence-corrected chi connectivity index (χ4v) is 1.40. The molecule has 0 atom stereocenters. The number of hydrogen-bond donors (Lipinski definition) is 0. The van der Waals surface area contributed by atoms with Crippen LogP contribution in [0.25, 0.3) is 0 Å². The molecule has 0 saturated heterocycles. The molecule has 0 fully saturated rings. The molecule has 0 radical (unpaired) electrons. The van der Waals surface area contributed by atoms with Crippen LogP contribution in [0.3, 0.4) is 0 Å². The van der Waals surface area contributed by atoms with E-state index in [1.807, 2.05) is 20.8 Å². The number of hydrogen-bond acceptors (Lipinski definition) is 4. The number of amides is 1. The SMILES string of the molecule is CC(C)(C)C1=NN(c2ncccn2)C(=O)C1. The largest absolute Gasteiger partial charge is 0.272 e. The van der Waals surface area contributed by atoms with Crippen LogP contribution in [0.15, 0.2) is 23.6 Å². The molecule has 0 spiro atoms. The van der Waals surface area contributed by atoms with Crippen LogP contribution in [0, 0.1) is 5.41 Å². The highest BCUT2D eigenvalue weighted by atomic mass is 16.2. The number of anilines is 1. The lowest BCUT2D eigenvalue weighted by Crippen LogP contribution is -2.22. The second kappa shape index (κ2) is 3.66. The molecule has 0 N–H and O–H groups in total. The van der Waals surface area contributed by atoms with E-state index in [4.69, 9.17) is 0 Å². The minimum absolute atomic E-state index is 0.0730. The van der Waals surface area contributed by atoms with Crippen molar-refractivity contribution in [1.29, 1.82) is 0 Å². The average molecular weight is 218 g/mol. The van der Waals surface area contributed by atoms with Crippen molar-refractivity contribution >= 4 is 17.6 Å². The summed E-state index contributed by atoms with van der Waals surface area (Å²) in [5.74, 6) is 0.267. The minimum atomic E-state index is -0.0980. The van der Waals surface area contributed by atoms with Crippen LogP contribution >= 0.6 is 0 Å². The fraction of sp³-hybridized carbons (Fsp3) is 0.455. The maximum absolute atomic E-state index is 11.8. The summed E-state index contributed by atoms with van der Waals surface area (Å²) in [7, 11) is 0. The molecule has 1 aromatic heterocycles. The van der Waals surface area contributed by atoms with Gasteiger partial charge in [0, 0.05) is 17.8 Å². The lowest BCUT2D eigenvalue weighted by molar-refractivity contribution is -0.117. The summed E-state index contributed by atoms with van der Waals surface area (Å²) in [4.78, 5) is 19.8. The third kappa shape index (κ3) is 1.93. The van der Waals surface area contributed by atoms with Crippen molar-refractivity contribution in [1.82, 2.24) is 9.97 Å². The van der Waals surface area contributed by atoms with Gasteiger partial charge in [0.05, 0.1) is 12.1 Å². The van der Waals surface area contributed by atoms with Crippen molar-refractivity contribution in [3.8, 4) is 0 Å². The van der Waals surface area contributed by atoms with Gasteiger partial charge in [0.25, 0.3) is 11.9 Å². The van der Waals surface area contributed by atoms with E-state index in [0.717, 1.165) is 5.71 Å². The maximum atomic E-state index is 11.8. The van der Waals surface area contributed by atoms with Crippen LogP contribution in [0.1, 0.15) is 27.2 Å². The molecule has 2 rings (SSSR count).